The summed E-state index contributed by atoms with van der Waals surface area (Å²) in [5.41, 5.74) is 4.71. The summed E-state index contributed by atoms with van der Waals surface area (Å²) in [5.74, 6) is -0.872. The number of carbonyl (C=O) groups excluding carboxylic acids is 2. The molecule has 0 radical (unpaired) electrons. The molecule has 2 heterocycles. The first kappa shape index (κ1) is 23.4. The van der Waals surface area contributed by atoms with Crippen LogP contribution >= 0.6 is 0 Å². The van der Waals surface area contributed by atoms with Gasteiger partial charge < -0.3 is 4.90 Å². The molecule has 2 aromatic carbocycles. The SMILES string of the molecule is CCN(CCc1ccncc1)C1=C(c2ccc(C)cc2)C(=O)N(CCc2ccc(F)cc2)C1=O. The number of aryl methyl sites for hydroxylation is 1. The highest BCUT2D eigenvalue weighted by Gasteiger charge is 2.40. The minimum absolute atomic E-state index is 0.240. The van der Waals surface area contributed by atoms with Crippen LogP contribution in [0, 0.1) is 12.7 Å². The van der Waals surface area contributed by atoms with Crippen LogP contribution in [0.5, 0.6) is 0 Å². The third kappa shape index (κ3) is 5.06. The van der Waals surface area contributed by atoms with Crippen molar-refractivity contribution >= 4 is 17.4 Å². The number of aromatic nitrogens is 1. The largest absolute Gasteiger partial charge is 0.366 e. The summed E-state index contributed by atoms with van der Waals surface area (Å²) in [4.78, 5) is 34.5. The molecule has 0 unspecified atom stereocenters. The van der Waals surface area contributed by atoms with E-state index in [-0.39, 0.29) is 24.2 Å². The van der Waals surface area contributed by atoms with Gasteiger partial charge in [-0.25, -0.2) is 4.39 Å². The quantitative estimate of drug-likeness (QED) is 0.447. The summed E-state index contributed by atoms with van der Waals surface area (Å²) in [6, 6.07) is 17.8. The molecule has 0 aliphatic carbocycles. The zero-order chi connectivity index (χ0) is 24.1. The third-order valence-corrected chi connectivity index (χ3v) is 6.14. The lowest BCUT2D eigenvalue weighted by molar-refractivity contribution is -0.137. The Kier molecular flexibility index (Phi) is 7.16. The van der Waals surface area contributed by atoms with Gasteiger partial charge in [0.25, 0.3) is 11.8 Å². The van der Waals surface area contributed by atoms with E-state index in [1.165, 1.54) is 17.0 Å². The number of hydrogen-bond acceptors (Lipinski definition) is 4. The van der Waals surface area contributed by atoms with Crippen molar-refractivity contribution in [3.8, 4) is 0 Å². The van der Waals surface area contributed by atoms with Gasteiger partial charge in [0, 0.05) is 32.0 Å². The van der Waals surface area contributed by atoms with Crippen LogP contribution in [0.4, 0.5) is 4.39 Å². The zero-order valence-corrected chi connectivity index (χ0v) is 19.5. The van der Waals surface area contributed by atoms with Gasteiger partial charge in [-0.3, -0.25) is 19.5 Å². The molecule has 0 N–H and O–H groups in total. The van der Waals surface area contributed by atoms with Crippen LogP contribution < -0.4 is 0 Å². The van der Waals surface area contributed by atoms with Crippen LogP contribution in [0.2, 0.25) is 0 Å². The topological polar surface area (TPSA) is 53.5 Å². The highest BCUT2D eigenvalue weighted by Crippen LogP contribution is 2.32. The standard InChI is InChI=1S/C28H28FN3O2/c1-3-31(18-14-22-12-16-30-17-13-22)26-25(23-8-4-20(2)5-9-23)27(33)32(28(26)34)19-15-21-6-10-24(29)11-7-21/h4-13,16-17H,3,14-15,18-19H2,1-2H3. The number of benzene rings is 2. The van der Waals surface area contributed by atoms with Gasteiger partial charge in [0.2, 0.25) is 0 Å². The second kappa shape index (κ2) is 10.4. The van der Waals surface area contributed by atoms with Gasteiger partial charge in [-0.15, -0.1) is 0 Å². The first-order valence-corrected chi connectivity index (χ1v) is 11.5. The van der Waals surface area contributed by atoms with Crippen molar-refractivity contribution in [2.45, 2.75) is 26.7 Å². The number of nitrogens with zero attached hydrogens (tertiary/aromatic N) is 3. The molecule has 1 aromatic heterocycles. The van der Waals surface area contributed by atoms with Gasteiger partial charge in [-0.1, -0.05) is 42.0 Å². The van der Waals surface area contributed by atoms with E-state index < -0.39 is 0 Å². The molecule has 2 amide bonds. The van der Waals surface area contributed by atoms with E-state index in [4.69, 9.17) is 0 Å². The third-order valence-electron chi connectivity index (χ3n) is 6.14. The predicted molar refractivity (Wildman–Crippen MR) is 130 cm³/mol. The van der Waals surface area contributed by atoms with Crippen LogP contribution in [-0.2, 0) is 22.4 Å². The molecule has 0 fully saturated rings. The van der Waals surface area contributed by atoms with Crippen molar-refractivity contribution in [2.24, 2.45) is 0 Å². The summed E-state index contributed by atoms with van der Waals surface area (Å²) >= 11 is 0. The number of amides is 2. The van der Waals surface area contributed by atoms with E-state index in [1.807, 2.05) is 55.1 Å². The maximum atomic E-state index is 13.6. The van der Waals surface area contributed by atoms with Gasteiger partial charge in [0.15, 0.2) is 0 Å². The summed E-state index contributed by atoms with van der Waals surface area (Å²) in [5, 5.41) is 0. The van der Waals surface area contributed by atoms with E-state index in [0.717, 1.165) is 28.7 Å². The first-order valence-electron chi connectivity index (χ1n) is 11.5. The molecule has 4 rings (SSSR count). The molecular weight excluding hydrogens is 429 g/mol. The Morgan fingerprint density at radius 3 is 2.15 bits per heavy atom. The molecule has 3 aromatic rings. The number of imide groups is 1. The minimum Gasteiger partial charge on any atom is -0.366 e. The Balaban J connectivity index is 1.63. The Hall–Kier alpha value is -3.80. The number of carbonyl (C=O) groups is 2. The normalized spacial score (nSPS) is 13.7. The molecule has 0 atom stereocenters. The maximum Gasteiger partial charge on any atom is 0.277 e. The van der Waals surface area contributed by atoms with Crippen LogP contribution in [0.1, 0.15) is 29.2 Å². The van der Waals surface area contributed by atoms with Crippen LogP contribution in [0.3, 0.4) is 0 Å². The minimum atomic E-state index is -0.310. The van der Waals surface area contributed by atoms with Crippen LogP contribution in [-0.4, -0.2) is 46.2 Å². The number of likely N-dealkylation sites (N-methyl/N-ethyl adjacent to an activating group) is 1. The molecule has 34 heavy (non-hydrogen) atoms. The van der Waals surface area contributed by atoms with E-state index >= 15 is 0 Å². The lowest BCUT2D eigenvalue weighted by Crippen LogP contribution is -2.37. The highest BCUT2D eigenvalue weighted by molar-refractivity contribution is 6.35. The molecular formula is C28H28FN3O2. The Bertz CT molecular complexity index is 1190. The van der Waals surface area contributed by atoms with Crippen molar-refractivity contribution in [2.75, 3.05) is 19.6 Å². The fraction of sp³-hybridized carbons (Fsp3) is 0.250. The molecule has 6 heteroatoms. The average Bonchev–Trinajstić information content (AvgIpc) is 3.10. The van der Waals surface area contributed by atoms with Crippen molar-refractivity contribution < 1.29 is 14.0 Å². The number of rotatable bonds is 9. The van der Waals surface area contributed by atoms with Crippen LogP contribution in [0.25, 0.3) is 5.57 Å². The van der Waals surface area contributed by atoms with Gasteiger partial charge in [0.1, 0.15) is 11.5 Å². The smallest absolute Gasteiger partial charge is 0.277 e. The van der Waals surface area contributed by atoms with E-state index in [2.05, 4.69) is 4.98 Å². The van der Waals surface area contributed by atoms with Gasteiger partial charge in [-0.05, 0) is 67.6 Å². The van der Waals surface area contributed by atoms with Crippen molar-refractivity contribution in [3.63, 3.8) is 0 Å². The van der Waals surface area contributed by atoms with Crippen LogP contribution in [0.15, 0.2) is 78.8 Å². The second-order valence-corrected chi connectivity index (χ2v) is 8.41. The summed E-state index contributed by atoms with van der Waals surface area (Å²) < 4.78 is 13.3. The fourth-order valence-electron chi connectivity index (χ4n) is 4.17. The van der Waals surface area contributed by atoms with Crippen molar-refractivity contribution in [1.29, 1.82) is 0 Å². The first-order chi connectivity index (χ1) is 16.5. The van der Waals surface area contributed by atoms with Crippen molar-refractivity contribution in [3.05, 3.63) is 107 Å². The summed E-state index contributed by atoms with van der Waals surface area (Å²) in [7, 11) is 0. The second-order valence-electron chi connectivity index (χ2n) is 8.41. The molecule has 0 saturated heterocycles. The fourth-order valence-corrected chi connectivity index (χ4v) is 4.17. The van der Waals surface area contributed by atoms with E-state index in [1.54, 1.807) is 24.5 Å². The Labute approximate surface area is 199 Å². The van der Waals surface area contributed by atoms with Gasteiger partial charge in [-0.2, -0.15) is 0 Å². The summed E-state index contributed by atoms with van der Waals surface area (Å²) in [6.07, 6.45) is 4.71. The molecule has 174 valence electrons. The highest BCUT2D eigenvalue weighted by atomic mass is 19.1. The lowest BCUT2D eigenvalue weighted by atomic mass is 10.0. The van der Waals surface area contributed by atoms with E-state index in [0.29, 0.717) is 30.8 Å². The zero-order valence-electron chi connectivity index (χ0n) is 19.5. The molecule has 0 saturated carbocycles. The molecule has 5 nitrogen and oxygen atoms in total. The molecule has 1 aliphatic rings. The molecule has 0 spiro atoms. The Morgan fingerprint density at radius 2 is 1.50 bits per heavy atom. The van der Waals surface area contributed by atoms with E-state index in [9.17, 15) is 14.0 Å². The number of pyridine rings is 1. The predicted octanol–water partition coefficient (Wildman–Crippen LogP) is 4.42. The van der Waals surface area contributed by atoms with Crippen molar-refractivity contribution in [1.82, 2.24) is 14.8 Å². The Morgan fingerprint density at radius 1 is 0.853 bits per heavy atom. The monoisotopic (exact) mass is 457 g/mol. The number of halogens is 1. The molecule has 1 aliphatic heterocycles. The van der Waals surface area contributed by atoms with Gasteiger partial charge >= 0.3 is 0 Å². The van der Waals surface area contributed by atoms with Gasteiger partial charge in [0.05, 0.1) is 5.57 Å². The summed E-state index contributed by atoms with van der Waals surface area (Å²) in [6.45, 7) is 5.43. The number of hydrogen-bond donors (Lipinski definition) is 0. The molecule has 0 bridgehead atoms. The maximum absolute atomic E-state index is 13.6. The average molecular weight is 458 g/mol. The lowest BCUT2D eigenvalue weighted by Gasteiger charge is -2.25.